The molecule has 112 valence electrons. The molecule has 0 saturated carbocycles. The van der Waals surface area contributed by atoms with Crippen LogP contribution < -0.4 is 4.74 Å². The topological polar surface area (TPSA) is 63.6 Å². The number of carbonyl (C=O) groups is 2. The van der Waals surface area contributed by atoms with Gasteiger partial charge in [-0.25, -0.2) is 4.79 Å². The van der Waals surface area contributed by atoms with Gasteiger partial charge in [0.15, 0.2) is 5.78 Å². The van der Waals surface area contributed by atoms with E-state index >= 15 is 0 Å². The lowest BCUT2D eigenvalue weighted by Gasteiger charge is -2.07. The molecule has 0 fully saturated rings. The van der Waals surface area contributed by atoms with E-state index in [4.69, 9.17) is 21.4 Å². The highest BCUT2D eigenvalue weighted by atomic mass is 35.5. The van der Waals surface area contributed by atoms with Gasteiger partial charge in [0.2, 0.25) is 0 Å². The number of carboxylic acid groups (broad SMARTS) is 1. The first-order valence-electron chi connectivity index (χ1n) is 6.41. The van der Waals surface area contributed by atoms with Crippen molar-refractivity contribution in [2.24, 2.45) is 0 Å². The Bertz CT molecular complexity index is 702. The Balaban J connectivity index is 2.05. The molecule has 0 bridgehead atoms. The van der Waals surface area contributed by atoms with Gasteiger partial charge in [-0.15, -0.1) is 0 Å². The van der Waals surface area contributed by atoms with Crippen LogP contribution in [0.2, 0.25) is 5.02 Å². The predicted octanol–water partition coefficient (Wildman–Crippen LogP) is 3.59. The standard InChI is InChI=1S/C17H13ClO4/c1-11(17(20)21)10-22-15-8-4-13(5-9-15)16(19)12-2-6-14(18)7-3-12/h2-9H,1,10H2,(H,20,21). The Kier molecular flexibility index (Phi) is 4.96. The fourth-order valence-electron chi connectivity index (χ4n) is 1.70. The fraction of sp³-hybridized carbons (Fsp3) is 0.0588. The first-order chi connectivity index (χ1) is 10.5. The Morgan fingerprint density at radius 3 is 2.00 bits per heavy atom. The molecule has 0 aliphatic rings. The summed E-state index contributed by atoms with van der Waals surface area (Å²) in [6, 6.07) is 13.1. The molecule has 0 spiro atoms. The summed E-state index contributed by atoms with van der Waals surface area (Å²) in [5.74, 6) is -0.761. The van der Waals surface area contributed by atoms with Crippen LogP contribution in [0.3, 0.4) is 0 Å². The SMILES string of the molecule is C=C(COc1ccc(C(=O)c2ccc(Cl)cc2)cc1)C(=O)O. The monoisotopic (exact) mass is 316 g/mol. The molecule has 0 amide bonds. The first-order valence-corrected chi connectivity index (χ1v) is 6.79. The summed E-state index contributed by atoms with van der Waals surface area (Å²) < 4.78 is 5.28. The number of hydrogen-bond acceptors (Lipinski definition) is 3. The molecule has 0 heterocycles. The van der Waals surface area contributed by atoms with E-state index in [1.54, 1.807) is 48.5 Å². The maximum Gasteiger partial charge on any atom is 0.334 e. The van der Waals surface area contributed by atoms with E-state index in [-0.39, 0.29) is 18.0 Å². The zero-order valence-electron chi connectivity index (χ0n) is 11.6. The van der Waals surface area contributed by atoms with Crippen molar-refractivity contribution in [1.29, 1.82) is 0 Å². The van der Waals surface area contributed by atoms with E-state index < -0.39 is 5.97 Å². The predicted molar refractivity (Wildman–Crippen MR) is 83.6 cm³/mol. The van der Waals surface area contributed by atoms with Crippen LogP contribution in [-0.2, 0) is 4.79 Å². The van der Waals surface area contributed by atoms with Gasteiger partial charge in [0.25, 0.3) is 0 Å². The summed E-state index contributed by atoms with van der Waals surface area (Å²) in [7, 11) is 0. The maximum absolute atomic E-state index is 12.2. The van der Waals surface area contributed by atoms with Crippen LogP contribution in [0.5, 0.6) is 5.75 Å². The second-order valence-corrected chi connectivity index (χ2v) is 4.99. The lowest BCUT2D eigenvalue weighted by Crippen LogP contribution is -2.09. The molecule has 0 aromatic heterocycles. The summed E-state index contributed by atoms with van der Waals surface area (Å²) in [5.41, 5.74) is 1.00. The Morgan fingerprint density at radius 2 is 1.50 bits per heavy atom. The molecule has 0 aliphatic heterocycles. The van der Waals surface area contributed by atoms with E-state index in [2.05, 4.69) is 6.58 Å². The lowest BCUT2D eigenvalue weighted by atomic mass is 10.0. The largest absolute Gasteiger partial charge is 0.489 e. The second kappa shape index (κ2) is 6.91. The minimum absolute atomic E-state index is 0.0404. The van der Waals surface area contributed by atoms with Crippen molar-refractivity contribution in [2.45, 2.75) is 0 Å². The zero-order valence-corrected chi connectivity index (χ0v) is 12.3. The second-order valence-electron chi connectivity index (χ2n) is 4.56. The zero-order chi connectivity index (χ0) is 16.1. The van der Waals surface area contributed by atoms with Crippen molar-refractivity contribution in [2.75, 3.05) is 6.61 Å². The molecule has 22 heavy (non-hydrogen) atoms. The average Bonchev–Trinajstić information content (AvgIpc) is 2.53. The molecule has 0 atom stereocenters. The number of hydrogen-bond donors (Lipinski definition) is 1. The number of rotatable bonds is 6. The maximum atomic E-state index is 12.2. The molecule has 2 rings (SSSR count). The molecule has 2 aromatic carbocycles. The molecule has 0 saturated heterocycles. The van der Waals surface area contributed by atoms with Crippen molar-refractivity contribution in [3.63, 3.8) is 0 Å². The third-order valence-corrected chi connectivity index (χ3v) is 3.19. The molecular weight excluding hydrogens is 304 g/mol. The van der Waals surface area contributed by atoms with Crippen LogP contribution in [-0.4, -0.2) is 23.5 Å². The van der Waals surface area contributed by atoms with Gasteiger partial charge in [0.05, 0.1) is 5.57 Å². The third-order valence-electron chi connectivity index (χ3n) is 2.94. The number of carboxylic acids is 1. The van der Waals surface area contributed by atoms with Crippen LogP contribution >= 0.6 is 11.6 Å². The summed E-state index contributed by atoms with van der Waals surface area (Å²) in [4.78, 5) is 22.9. The van der Waals surface area contributed by atoms with Gasteiger partial charge in [0.1, 0.15) is 12.4 Å². The van der Waals surface area contributed by atoms with Gasteiger partial charge >= 0.3 is 5.97 Å². The smallest absolute Gasteiger partial charge is 0.334 e. The van der Waals surface area contributed by atoms with E-state index in [1.807, 2.05) is 0 Å². The third kappa shape index (κ3) is 3.96. The van der Waals surface area contributed by atoms with E-state index in [0.717, 1.165) is 0 Å². The number of aliphatic carboxylic acids is 1. The Morgan fingerprint density at radius 1 is 1.00 bits per heavy atom. The van der Waals surface area contributed by atoms with Gasteiger partial charge < -0.3 is 9.84 Å². The molecule has 2 aromatic rings. The number of ketones is 1. The summed E-state index contributed by atoms with van der Waals surface area (Å²) in [6.07, 6.45) is 0. The van der Waals surface area contributed by atoms with Gasteiger partial charge in [-0.05, 0) is 48.5 Å². The van der Waals surface area contributed by atoms with Gasteiger partial charge in [-0.1, -0.05) is 18.2 Å². The van der Waals surface area contributed by atoms with Crippen LogP contribution in [0.4, 0.5) is 0 Å². The number of carbonyl (C=O) groups excluding carboxylic acids is 1. The molecule has 0 unspecified atom stereocenters. The van der Waals surface area contributed by atoms with E-state index in [9.17, 15) is 9.59 Å². The minimum Gasteiger partial charge on any atom is -0.489 e. The van der Waals surface area contributed by atoms with Crippen molar-refractivity contribution >= 4 is 23.4 Å². The summed E-state index contributed by atoms with van der Waals surface area (Å²) in [5, 5.41) is 9.26. The quantitative estimate of drug-likeness (QED) is 0.653. The fourth-order valence-corrected chi connectivity index (χ4v) is 1.83. The summed E-state index contributed by atoms with van der Waals surface area (Å²) in [6.45, 7) is 3.26. The average molecular weight is 317 g/mol. The number of ether oxygens (including phenoxy) is 1. The lowest BCUT2D eigenvalue weighted by molar-refractivity contribution is -0.133. The first kappa shape index (κ1) is 15.8. The van der Waals surface area contributed by atoms with Gasteiger partial charge in [0, 0.05) is 16.1 Å². The number of halogens is 1. The van der Waals surface area contributed by atoms with E-state index in [1.165, 1.54) is 0 Å². The molecular formula is C17H13ClO4. The van der Waals surface area contributed by atoms with Gasteiger partial charge in [-0.3, -0.25) is 4.79 Å². The van der Waals surface area contributed by atoms with E-state index in [0.29, 0.717) is 21.9 Å². The highest BCUT2D eigenvalue weighted by Crippen LogP contribution is 2.17. The molecule has 1 N–H and O–H groups in total. The van der Waals surface area contributed by atoms with Gasteiger partial charge in [-0.2, -0.15) is 0 Å². The molecule has 4 nitrogen and oxygen atoms in total. The molecule has 0 aliphatic carbocycles. The molecule has 5 heteroatoms. The van der Waals surface area contributed by atoms with Crippen molar-refractivity contribution in [3.8, 4) is 5.75 Å². The highest BCUT2D eigenvalue weighted by molar-refractivity contribution is 6.30. The molecule has 0 radical (unpaired) electrons. The van der Waals surface area contributed by atoms with Crippen LogP contribution in [0.15, 0.2) is 60.7 Å². The highest BCUT2D eigenvalue weighted by Gasteiger charge is 2.09. The number of benzene rings is 2. The Hall–Kier alpha value is -2.59. The van der Waals surface area contributed by atoms with Crippen molar-refractivity contribution in [3.05, 3.63) is 76.8 Å². The van der Waals surface area contributed by atoms with Crippen molar-refractivity contribution < 1.29 is 19.4 Å². The van der Waals surface area contributed by atoms with Crippen molar-refractivity contribution in [1.82, 2.24) is 0 Å². The van der Waals surface area contributed by atoms with Crippen LogP contribution in [0.25, 0.3) is 0 Å². The van der Waals surface area contributed by atoms with Crippen LogP contribution in [0.1, 0.15) is 15.9 Å². The summed E-state index contributed by atoms with van der Waals surface area (Å²) >= 11 is 5.79. The normalized spacial score (nSPS) is 10.0. The minimum atomic E-state index is -1.10. The Labute approximate surface area is 132 Å². The van der Waals surface area contributed by atoms with Crippen LogP contribution in [0, 0.1) is 0 Å².